The third-order valence-electron chi connectivity index (χ3n) is 3.53. The minimum absolute atomic E-state index is 0.321. The van der Waals surface area contributed by atoms with Crippen LogP contribution in [0.25, 0.3) is 0 Å². The summed E-state index contributed by atoms with van der Waals surface area (Å²) in [5, 5.41) is 0. The number of aryl methyl sites for hydroxylation is 1. The first kappa shape index (κ1) is 14.8. The van der Waals surface area contributed by atoms with Crippen molar-refractivity contribution in [3.05, 3.63) is 47.4 Å². The fraction of sp³-hybridized carbons (Fsp3) is 0.250. The molecule has 1 aromatic heterocycles. The van der Waals surface area contributed by atoms with Gasteiger partial charge >= 0.3 is 5.97 Å². The number of pyridine rings is 1. The van der Waals surface area contributed by atoms with Gasteiger partial charge in [-0.05, 0) is 37.3 Å². The highest BCUT2D eigenvalue weighted by Crippen LogP contribution is 2.39. The molecule has 4 nitrogen and oxygen atoms in total. The lowest BCUT2D eigenvalue weighted by Gasteiger charge is -2.30. The second kappa shape index (κ2) is 5.96. The molecule has 0 radical (unpaired) electrons. The molecule has 0 saturated heterocycles. The second-order valence-corrected chi connectivity index (χ2v) is 6.05. The Morgan fingerprint density at radius 1 is 1.36 bits per heavy atom. The van der Waals surface area contributed by atoms with Crippen LogP contribution in [-0.2, 0) is 4.74 Å². The molecule has 114 valence electrons. The average Bonchev–Trinajstić information content (AvgIpc) is 2.55. The molecule has 2 aromatic rings. The van der Waals surface area contributed by atoms with Gasteiger partial charge in [-0.3, -0.25) is 0 Å². The molecule has 1 aliphatic heterocycles. The maximum atomic E-state index is 13.4. The Kier molecular flexibility index (Phi) is 4.02. The van der Waals surface area contributed by atoms with Crippen molar-refractivity contribution in [1.29, 1.82) is 0 Å². The lowest BCUT2D eigenvalue weighted by atomic mass is 10.1. The first-order valence-electron chi connectivity index (χ1n) is 6.86. The van der Waals surface area contributed by atoms with E-state index < -0.39 is 0 Å². The van der Waals surface area contributed by atoms with E-state index >= 15 is 0 Å². The van der Waals surface area contributed by atoms with Crippen LogP contribution in [0.1, 0.15) is 16.1 Å². The van der Waals surface area contributed by atoms with E-state index in [2.05, 4.69) is 4.98 Å². The van der Waals surface area contributed by atoms with Gasteiger partial charge in [-0.25, -0.2) is 14.2 Å². The molecule has 0 atom stereocenters. The van der Waals surface area contributed by atoms with Crippen LogP contribution in [0.3, 0.4) is 0 Å². The fourth-order valence-electron chi connectivity index (χ4n) is 2.38. The van der Waals surface area contributed by atoms with Gasteiger partial charge in [0.25, 0.3) is 0 Å². The Balaban J connectivity index is 2.05. The van der Waals surface area contributed by atoms with Gasteiger partial charge in [-0.15, -0.1) is 11.8 Å². The molecule has 1 aromatic carbocycles. The second-order valence-electron chi connectivity index (χ2n) is 4.91. The molecule has 0 unspecified atom stereocenters. The number of aromatic nitrogens is 1. The number of benzene rings is 1. The van der Waals surface area contributed by atoms with E-state index in [1.54, 1.807) is 36.9 Å². The van der Waals surface area contributed by atoms with Crippen molar-refractivity contribution >= 4 is 29.2 Å². The number of nitrogens with zero attached hydrogens (tertiary/aromatic N) is 2. The molecule has 0 N–H and O–H groups in total. The first-order valence-corrected chi connectivity index (χ1v) is 7.84. The monoisotopic (exact) mass is 318 g/mol. The van der Waals surface area contributed by atoms with Gasteiger partial charge in [0.1, 0.15) is 11.6 Å². The van der Waals surface area contributed by atoms with Crippen LogP contribution in [-0.4, -0.2) is 30.4 Å². The molecule has 0 spiro atoms. The number of carbonyl (C=O) groups excluding carboxylic acids is 1. The Hall–Kier alpha value is -2.08. The van der Waals surface area contributed by atoms with Crippen molar-refractivity contribution < 1.29 is 13.9 Å². The fourth-order valence-corrected chi connectivity index (χ4v) is 3.36. The van der Waals surface area contributed by atoms with Gasteiger partial charge in [0, 0.05) is 17.2 Å². The van der Waals surface area contributed by atoms with Crippen LogP contribution in [0.2, 0.25) is 0 Å². The number of carbonyl (C=O) groups is 1. The van der Waals surface area contributed by atoms with Gasteiger partial charge in [0.15, 0.2) is 0 Å². The molecule has 0 fully saturated rings. The van der Waals surface area contributed by atoms with Crippen molar-refractivity contribution in [2.24, 2.45) is 0 Å². The number of hydrogen-bond donors (Lipinski definition) is 0. The molecule has 0 saturated carbocycles. The topological polar surface area (TPSA) is 42.4 Å². The number of fused-ring (bicyclic) bond motifs is 1. The molecule has 22 heavy (non-hydrogen) atoms. The van der Waals surface area contributed by atoms with E-state index in [1.807, 2.05) is 11.0 Å². The summed E-state index contributed by atoms with van der Waals surface area (Å²) in [5.41, 5.74) is 1.76. The van der Waals surface area contributed by atoms with Crippen molar-refractivity contribution in [3.63, 3.8) is 0 Å². The summed E-state index contributed by atoms with van der Waals surface area (Å²) in [6.45, 7) is 2.39. The lowest BCUT2D eigenvalue weighted by molar-refractivity contribution is 0.0600. The van der Waals surface area contributed by atoms with Crippen LogP contribution < -0.4 is 4.90 Å². The van der Waals surface area contributed by atoms with Crippen LogP contribution in [0.5, 0.6) is 0 Å². The van der Waals surface area contributed by atoms with E-state index in [4.69, 9.17) is 4.74 Å². The normalized spacial score (nSPS) is 13.7. The molecule has 1 aliphatic rings. The highest BCUT2D eigenvalue weighted by molar-refractivity contribution is 7.99. The van der Waals surface area contributed by atoms with Gasteiger partial charge in [-0.1, -0.05) is 0 Å². The van der Waals surface area contributed by atoms with E-state index in [9.17, 15) is 9.18 Å². The molecular weight excluding hydrogens is 303 g/mol. The van der Waals surface area contributed by atoms with E-state index in [0.717, 1.165) is 22.9 Å². The standard InChI is InChI=1S/C16H15FN2O2S/c1-10-12(17)4-6-15(18-10)19-7-8-22-14-5-3-11(9-13(14)19)16(20)21-2/h3-6,9H,7-8H2,1-2H3. The highest BCUT2D eigenvalue weighted by Gasteiger charge is 2.22. The zero-order chi connectivity index (χ0) is 15.7. The third-order valence-corrected chi connectivity index (χ3v) is 4.57. The van der Waals surface area contributed by atoms with Gasteiger partial charge in [0.2, 0.25) is 0 Å². The van der Waals surface area contributed by atoms with E-state index in [-0.39, 0.29) is 11.8 Å². The zero-order valence-electron chi connectivity index (χ0n) is 12.3. The molecule has 2 heterocycles. The van der Waals surface area contributed by atoms with Crippen molar-refractivity contribution in [3.8, 4) is 0 Å². The number of anilines is 2. The van der Waals surface area contributed by atoms with Crippen LogP contribution in [0.15, 0.2) is 35.2 Å². The van der Waals surface area contributed by atoms with Gasteiger partial charge in [0.05, 0.1) is 24.1 Å². The molecule has 6 heteroatoms. The maximum Gasteiger partial charge on any atom is 0.337 e. The Morgan fingerprint density at radius 2 is 2.18 bits per heavy atom. The van der Waals surface area contributed by atoms with Crippen LogP contribution in [0.4, 0.5) is 15.9 Å². The minimum Gasteiger partial charge on any atom is -0.465 e. The zero-order valence-corrected chi connectivity index (χ0v) is 13.1. The summed E-state index contributed by atoms with van der Waals surface area (Å²) in [7, 11) is 1.36. The summed E-state index contributed by atoms with van der Waals surface area (Å²) in [6.07, 6.45) is 0. The Morgan fingerprint density at radius 3 is 2.91 bits per heavy atom. The van der Waals surface area contributed by atoms with Crippen molar-refractivity contribution in [2.75, 3.05) is 24.3 Å². The number of halogens is 1. The summed E-state index contributed by atoms with van der Waals surface area (Å²) in [5.74, 6) is 0.894. The smallest absolute Gasteiger partial charge is 0.337 e. The first-order chi connectivity index (χ1) is 10.6. The number of rotatable bonds is 2. The average molecular weight is 318 g/mol. The van der Waals surface area contributed by atoms with E-state index in [0.29, 0.717) is 17.1 Å². The minimum atomic E-state index is -0.374. The molecular formula is C16H15FN2O2S. The van der Waals surface area contributed by atoms with Crippen molar-refractivity contribution in [2.45, 2.75) is 11.8 Å². The molecule has 0 amide bonds. The SMILES string of the molecule is COC(=O)c1ccc2c(c1)N(c1ccc(F)c(C)n1)CCS2. The highest BCUT2D eigenvalue weighted by atomic mass is 32.2. The maximum absolute atomic E-state index is 13.4. The summed E-state index contributed by atoms with van der Waals surface area (Å²) >= 11 is 1.73. The van der Waals surface area contributed by atoms with E-state index in [1.165, 1.54) is 13.2 Å². The molecule has 3 rings (SSSR count). The van der Waals surface area contributed by atoms with Crippen LogP contribution >= 0.6 is 11.8 Å². The Bertz CT molecular complexity index is 736. The predicted molar refractivity (Wildman–Crippen MR) is 84.4 cm³/mol. The lowest BCUT2D eigenvalue weighted by Crippen LogP contribution is -2.25. The largest absolute Gasteiger partial charge is 0.465 e. The summed E-state index contributed by atoms with van der Waals surface area (Å²) in [6, 6.07) is 8.54. The third kappa shape index (κ3) is 2.66. The van der Waals surface area contributed by atoms with Gasteiger partial charge < -0.3 is 9.64 Å². The number of esters is 1. The number of ether oxygens (including phenoxy) is 1. The summed E-state index contributed by atoms with van der Waals surface area (Å²) in [4.78, 5) is 19.1. The van der Waals surface area contributed by atoms with Gasteiger partial charge in [-0.2, -0.15) is 0 Å². The number of methoxy groups -OCH3 is 1. The summed E-state index contributed by atoms with van der Waals surface area (Å²) < 4.78 is 18.2. The quantitative estimate of drug-likeness (QED) is 0.792. The molecule has 0 aliphatic carbocycles. The number of hydrogen-bond acceptors (Lipinski definition) is 5. The van der Waals surface area contributed by atoms with Crippen LogP contribution in [0, 0.1) is 12.7 Å². The Labute approximate surface area is 132 Å². The molecule has 0 bridgehead atoms. The number of thioether (sulfide) groups is 1. The predicted octanol–water partition coefficient (Wildman–Crippen LogP) is 3.56. The van der Waals surface area contributed by atoms with Crippen molar-refractivity contribution in [1.82, 2.24) is 4.98 Å².